The quantitative estimate of drug-likeness (QED) is 0.223. The van der Waals surface area contributed by atoms with E-state index in [4.69, 9.17) is 15.1 Å². The minimum Gasteiger partial charge on any atom is -0.402 e. The van der Waals surface area contributed by atoms with Crippen molar-refractivity contribution >= 4 is 18.1 Å². The maximum Gasteiger partial charge on any atom is 0.631 e. The van der Waals surface area contributed by atoms with Crippen LogP contribution in [0.15, 0.2) is 146 Å². The second-order valence-electron chi connectivity index (χ2n) is 8.86. The molecule has 0 saturated heterocycles. The molecule has 0 aliphatic heterocycles. The van der Waals surface area contributed by atoms with E-state index in [9.17, 15) is 0 Å². The van der Waals surface area contributed by atoms with Crippen LogP contribution in [0, 0.1) is 0 Å². The summed E-state index contributed by atoms with van der Waals surface area (Å²) in [5, 5.41) is 24.0. The standard InChI is InChI=1S/C34H24.BH3O3/c1-5-15-25(16-6-1)31-29-23-13-14-24-30(29)32(26-17-7-2-8-18-26)34(28-21-11-4-12-22-28)33(31)27-19-9-3-10-20-27;2-1(3)4/h1-24H;2-4H. The fraction of sp³-hybridized carbons (Fsp3) is 0. The largest absolute Gasteiger partial charge is 0.631 e. The van der Waals surface area contributed by atoms with E-state index >= 15 is 0 Å². The Hall–Kier alpha value is -4.48. The molecular formula is C34H27BO3. The van der Waals surface area contributed by atoms with Crippen molar-refractivity contribution in [3.63, 3.8) is 0 Å². The predicted molar refractivity (Wildman–Crippen MR) is 158 cm³/mol. The highest BCUT2D eigenvalue weighted by atomic mass is 16.5. The first-order valence-corrected chi connectivity index (χ1v) is 12.5. The van der Waals surface area contributed by atoms with Gasteiger partial charge >= 0.3 is 7.32 Å². The van der Waals surface area contributed by atoms with Gasteiger partial charge in [0.2, 0.25) is 0 Å². The van der Waals surface area contributed by atoms with Gasteiger partial charge in [0.15, 0.2) is 0 Å². The van der Waals surface area contributed by atoms with Crippen molar-refractivity contribution in [2.75, 3.05) is 0 Å². The molecule has 0 amide bonds. The first-order chi connectivity index (χ1) is 18.6. The molecular weight excluding hydrogens is 467 g/mol. The molecule has 0 bridgehead atoms. The van der Waals surface area contributed by atoms with Gasteiger partial charge in [0.05, 0.1) is 0 Å². The zero-order valence-corrected chi connectivity index (χ0v) is 20.8. The normalized spacial score (nSPS) is 10.5. The van der Waals surface area contributed by atoms with Crippen LogP contribution < -0.4 is 0 Å². The molecule has 0 saturated carbocycles. The second kappa shape index (κ2) is 11.7. The molecule has 6 aromatic rings. The molecule has 0 spiro atoms. The Kier molecular flexibility index (Phi) is 7.77. The van der Waals surface area contributed by atoms with Crippen molar-refractivity contribution < 1.29 is 15.1 Å². The zero-order chi connectivity index (χ0) is 26.3. The van der Waals surface area contributed by atoms with Crippen LogP contribution >= 0.6 is 0 Å². The van der Waals surface area contributed by atoms with Crippen molar-refractivity contribution in [2.45, 2.75) is 0 Å². The Morgan fingerprint density at radius 3 is 0.763 bits per heavy atom. The molecule has 0 atom stereocenters. The lowest BCUT2D eigenvalue weighted by Gasteiger charge is -2.24. The van der Waals surface area contributed by atoms with E-state index in [1.54, 1.807) is 0 Å². The molecule has 0 radical (unpaired) electrons. The fourth-order valence-electron chi connectivity index (χ4n) is 5.03. The van der Waals surface area contributed by atoms with Gasteiger partial charge in [-0.3, -0.25) is 0 Å². The Morgan fingerprint density at radius 2 is 0.500 bits per heavy atom. The maximum absolute atomic E-state index is 7.17. The van der Waals surface area contributed by atoms with Gasteiger partial charge in [-0.2, -0.15) is 0 Å². The number of hydrogen-bond acceptors (Lipinski definition) is 3. The average Bonchev–Trinajstić information content (AvgIpc) is 2.97. The minimum atomic E-state index is -2.17. The number of hydrogen-bond donors (Lipinski definition) is 3. The summed E-state index contributed by atoms with van der Waals surface area (Å²) in [5.74, 6) is 0. The van der Waals surface area contributed by atoms with E-state index in [2.05, 4.69) is 146 Å². The van der Waals surface area contributed by atoms with Crippen LogP contribution in [0.5, 0.6) is 0 Å². The summed E-state index contributed by atoms with van der Waals surface area (Å²) in [4.78, 5) is 0. The Labute approximate surface area is 223 Å². The van der Waals surface area contributed by atoms with Crippen LogP contribution in [0.1, 0.15) is 0 Å². The zero-order valence-electron chi connectivity index (χ0n) is 20.8. The maximum atomic E-state index is 7.17. The Balaban J connectivity index is 0.000000689. The van der Waals surface area contributed by atoms with Crippen molar-refractivity contribution in [2.24, 2.45) is 0 Å². The SMILES string of the molecule is OB(O)O.c1ccc(-c2c(-c3ccccc3)c(-c3ccccc3)c3ccccc3c2-c2ccccc2)cc1. The van der Waals surface area contributed by atoms with Crippen molar-refractivity contribution in [1.29, 1.82) is 0 Å². The summed E-state index contributed by atoms with van der Waals surface area (Å²) in [5.41, 5.74) is 10.0. The molecule has 0 aliphatic rings. The van der Waals surface area contributed by atoms with Crippen LogP contribution in [0.25, 0.3) is 55.3 Å². The monoisotopic (exact) mass is 494 g/mol. The topological polar surface area (TPSA) is 60.7 Å². The van der Waals surface area contributed by atoms with Crippen LogP contribution in [0.2, 0.25) is 0 Å². The smallest absolute Gasteiger partial charge is 0.402 e. The van der Waals surface area contributed by atoms with Crippen molar-refractivity contribution in [3.05, 3.63) is 146 Å². The van der Waals surface area contributed by atoms with Gasteiger partial charge < -0.3 is 15.1 Å². The third-order valence-corrected chi connectivity index (χ3v) is 6.47. The molecule has 0 aliphatic carbocycles. The van der Waals surface area contributed by atoms with Gasteiger partial charge in [0.1, 0.15) is 0 Å². The van der Waals surface area contributed by atoms with Crippen molar-refractivity contribution in [3.8, 4) is 44.5 Å². The van der Waals surface area contributed by atoms with Crippen LogP contribution in [0.3, 0.4) is 0 Å². The highest BCUT2D eigenvalue weighted by molar-refractivity contribution is 6.30. The van der Waals surface area contributed by atoms with Gasteiger partial charge in [0.25, 0.3) is 0 Å². The summed E-state index contributed by atoms with van der Waals surface area (Å²) in [7, 11) is -2.17. The second-order valence-corrected chi connectivity index (χ2v) is 8.86. The fourth-order valence-corrected chi connectivity index (χ4v) is 5.03. The van der Waals surface area contributed by atoms with E-state index in [1.807, 2.05) is 0 Å². The van der Waals surface area contributed by atoms with Gasteiger partial charge in [-0.05, 0) is 55.3 Å². The number of benzene rings is 6. The first kappa shape index (κ1) is 25.2. The van der Waals surface area contributed by atoms with Crippen LogP contribution in [-0.2, 0) is 0 Å². The molecule has 0 heterocycles. The lowest BCUT2D eigenvalue weighted by molar-refractivity contribution is 0.278. The van der Waals surface area contributed by atoms with Gasteiger partial charge in [0, 0.05) is 0 Å². The summed E-state index contributed by atoms with van der Waals surface area (Å²) in [6.45, 7) is 0. The lowest BCUT2D eigenvalue weighted by atomic mass is 9.79. The molecule has 38 heavy (non-hydrogen) atoms. The molecule has 0 unspecified atom stereocenters. The molecule has 3 N–H and O–H groups in total. The summed E-state index contributed by atoms with van der Waals surface area (Å²) >= 11 is 0. The summed E-state index contributed by atoms with van der Waals surface area (Å²) < 4.78 is 0. The molecule has 0 aromatic heterocycles. The van der Waals surface area contributed by atoms with Gasteiger partial charge in [-0.25, -0.2) is 0 Å². The minimum absolute atomic E-state index is 1.23. The number of fused-ring (bicyclic) bond motifs is 1. The van der Waals surface area contributed by atoms with Crippen molar-refractivity contribution in [1.82, 2.24) is 0 Å². The molecule has 184 valence electrons. The highest BCUT2D eigenvalue weighted by Crippen LogP contribution is 2.50. The molecule has 4 heteroatoms. The van der Waals surface area contributed by atoms with E-state index in [1.165, 1.54) is 55.3 Å². The van der Waals surface area contributed by atoms with Crippen LogP contribution in [0.4, 0.5) is 0 Å². The average molecular weight is 494 g/mol. The third-order valence-electron chi connectivity index (χ3n) is 6.47. The predicted octanol–water partition coefficient (Wildman–Crippen LogP) is 7.46. The molecule has 6 rings (SSSR count). The van der Waals surface area contributed by atoms with Gasteiger partial charge in [-0.15, -0.1) is 0 Å². The van der Waals surface area contributed by atoms with E-state index < -0.39 is 7.32 Å². The Bertz CT molecular complexity index is 1490. The summed E-state index contributed by atoms with van der Waals surface area (Å²) in [6, 6.07) is 52.1. The van der Waals surface area contributed by atoms with Gasteiger partial charge in [-0.1, -0.05) is 146 Å². The summed E-state index contributed by atoms with van der Waals surface area (Å²) in [6.07, 6.45) is 0. The van der Waals surface area contributed by atoms with E-state index in [0.29, 0.717) is 0 Å². The number of rotatable bonds is 4. The highest BCUT2D eigenvalue weighted by Gasteiger charge is 2.23. The molecule has 3 nitrogen and oxygen atoms in total. The Morgan fingerprint density at radius 1 is 0.289 bits per heavy atom. The third kappa shape index (κ3) is 5.29. The molecule has 6 aromatic carbocycles. The lowest BCUT2D eigenvalue weighted by Crippen LogP contribution is -2.07. The first-order valence-electron chi connectivity index (χ1n) is 12.5. The molecule has 0 fully saturated rings. The van der Waals surface area contributed by atoms with E-state index in [-0.39, 0.29) is 0 Å². The van der Waals surface area contributed by atoms with Crippen LogP contribution in [-0.4, -0.2) is 22.4 Å². The van der Waals surface area contributed by atoms with E-state index in [0.717, 1.165) is 0 Å².